The van der Waals surface area contributed by atoms with Gasteiger partial charge >= 0.3 is 0 Å². The van der Waals surface area contributed by atoms with Crippen LogP contribution in [0.15, 0.2) is 27.6 Å². The Balaban J connectivity index is 2.42. The lowest BCUT2D eigenvalue weighted by molar-refractivity contribution is -0.255. The summed E-state index contributed by atoms with van der Waals surface area (Å²) in [6.07, 6.45) is 2.69. The normalized spacial score (nSPS) is 17.3. The molecule has 1 aliphatic heterocycles. The van der Waals surface area contributed by atoms with Crippen molar-refractivity contribution in [3.63, 3.8) is 0 Å². The van der Waals surface area contributed by atoms with Crippen LogP contribution < -0.4 is 5.11 Å². The maximum absolute atomic E-state index is 12.4. The van der Waals surface area contributed by atoms with E-state index < -0.39 is 16.0 Å². The molecule has 0 unspecified atom stereocenters. The first-order valence-corrected chi connectivity index (χ1v) is 8.16. The predicted octanol–water partition coefficient (Wildman–Crippen LogP) is 0.987. The largest absolute Gasteiger partial charge is 0.545 e. The number of carbonyl (C=O) groups excluding carboxylic acids is 1. The fourth-order valence-electron chi connectivity index (χ4n) is 2.08. The number of sulfonamides is 1. The number of hydrogen-bond acceptors (Lipinski definition) is 4. The first kappa shape index (κ1) is 14.5. The molecule has 0 saturated carbocycles. The molecule has 7 heteroatoms. The molecule has 2 rings (SSSR count). The number of aromatic carboxylic acids is 1. The van der Waals surface area contributed by atoms with Gasteiger partial charge in [0.25, 0.3) is 0 Å². The lowest BCUT2D eigenvalue weighted by Crippen LogP contribution is -2.35. The van der Waals surface area contributed by atoms with Gasteiger partial charge in [0.05, 0.1) is 10.9 Å². The summed E-state index contributed by atoms with van der Waals surface area (Å²) >= 11 is 3.12. The molecule has 0 spiro atoms. The van der Waals surface area contributed by atoms with Gasteiger partial charge in [0.15, 0.2) is 0 Å². The van der Waals surface area contributed by atoms with Crippen molar-refractivity contribution in [2.45, 2.75) is 24.2 Å². The fourth-order valence-corrected chi connectivity index (χ4v) is 4.32. The molecule has 1 fully saturated rings. The lowest BCUT2D eigenvalue weighted by Gasteiger charge is -2.26. The second-order valence-corrected chi connectivity index (χ2v) is 7.28. The van der Waals surface area contributed by atoms with Crippen LogP contribution >= 0.6 is 15.9 Å². The molecule has 0 atom stereocenters. The average Bonchev–Trinajstić information content (AvgIpc) is 2.39. The summed E-state index contributed by atoms with van der Waals surface area (Å²) in [5.41, 5.74) is -0.148. The number of rotatable bonds is 3. The third-order valence-corrected chi connectivity index (χ3v) is 5.39. The lowest BCUT2D eigenvalue weighted by atomic mass is 10.2. The first-order valence-electron chi connectivity index (χ1n) is 5.93. The van der Waals surface area contributed by atoms with E-state index in [-0.39, 0.29) is 10.5 Å². The molecule has 0 bridgehead atoms. The molecule has 1 aromatic carbocycles. The standard InChI is InChI=1S/C12H14BrNO4S/c13-10-6-9(12(15)16)7-11(8-10)19(17,18)14-4-2-1-3-5-14/h6-8H,1-5H2,(H,15,16)/p-1. The van der Waals surface area contributed by atoms with Crippen LogP contribution in [0.4, 0.5) is 0 Å². The maximum atomic E-state index is 12.4. The van der Waals surface area contributed by atoms with Crippen molar-refractivity contribution in [2.24, 2.45) is 0 Å². The molecule has 0 aliphatic carbocycles. The van der Waals surface area contributed by atoms with Gasteiger partial charge in [-0.1, -0.05) is 22.4 Å². The summed E-state index contributed by atoms with van der Waals surface area (Å²) in [5, 5.41) is 10.9. The molecule has 1 saturated heterocycles. The molecule has 1 aliphatic rings. The van der Waals surface area contributed by atoms with Crippen molar-refractivity contribution in [1.29, 1.82) is 0 Å². The van der Waals surface area contributed by atoms with Crippen molar-refractivity contribution in [3.8, 4) is 0 Å². The van der Waals surface area contributed by atoms with Crippen molar-refractivity contribution >= 4 is 31.9 Å². The van der Waals surface area contributed by atoms with Gasteiger partial charge in [0.1, 0.15) is 0 Å². The number of carboxylic acid groups (broad SMARTS) is 1. The number of benzene rings is 1. The Labute approximate surface area is 120 Å². The van der Waals surface area contributed by atoms with Crippen LogP contribution in [0.5, 0.6) is 0 Å². The van der Waals surface area contributed by atoms with Crippen LogP contribution in [0.3, 0.4) is 0 Å². The van der Waals surface area contributed by atoms with Crippen LogP contribution in [-0.4, -0.2) is 31.8 Å². The number of carboxylic acids is 1. The SMILES string of the molecule is O=C([O-])c1cc(Br)cc(S(=O)(=O)N2CCCCC2)c1. The zero-order valence-corrected chi connectivity index (χ0v) is 12.5. The minimum atomic E-state index is -3.63. The maximum Gasteiger partial charge on any atom is 0.243 e. The molecule has 1 aromatic rings. The molecule has 0 amide bonds. The van der Waals surface area contributed by atoms with E-state index in [0.717, 1.165) is 25.3 Å². The van der Waals surface area contributed by atoms with Crippen molar-refractivity contribution in [1.82, 2.24) is 4.31 Å². The number of carbonyl (C=O) groups is 1. The smallest absolute Gasteiger partial charge is 0.243 e. The molecule has 1 heterocycles. The highest BCUT2D eigenvalue weighted by Gasteiger charge is 2.26. The number of halogens is 1. The van der Waals surface area contributed by atoms with Crippen LogP contribution in [0.2, 0.25) is 0 Å². The summed E-state index contributed by atoms with van der Waals surface area (Å²) in [6, 6.07) is 3.88. The predicted molar refractivity (Wildman–Crippen MR) is 71.1 cm³/mol. The Hall–Kier alpha value is -0.920. The highest BCUT2D eigenvalue weighted by molar-refractivity contribution is 9.10. The summed E-state index contributed by atoms with van der Waals surface area (Å²) in [5.74, 6) is -1.39. The van der Waals surface area contributed by atoms with Gasteiger partial charge in [-0.05, 0) is 36.6 Å². The summed E-state index contributed by atoms with van der Waals surface area (Å²) in [6.45, 7) is 0.963. The number of hydrogen-bond donors (Lipinski definition) is 0. The van der Waals surface area contributed by atoms with E-state index in [0.29, 0.717) is 17.6 Å². The average molecular weight is 347 g/mol. The van der Waals surface area contributed by atoms with E-state index in [1.807, 2.05) is 0 Å². The molecular weight excluding hydrogens is 334 g/mol. The van der Waals surface area contributed by atoms with Crippen LogP contribution in [-0.2, 0) is 10.0 Å². The first-order chi connectivity index (χ1) is 8.91. The van der Waals surface area contributed by atoms with Crippen LogP contribution in [0.1, 0.15) is 29.6 Å². The zero-order chi connectivity index (χ0) is 14.0. The van der Waals surface area contributed by atoms with Gasteiger partial charge in [0.2, 0.25) is 10.0 Å². The molecule has 0 aromatic heterocycles. The number of piperidine rings is 1. The van der Waals surface area contributed by atoms with E-state index in [1.54, 1.807) is 0 Å². The van der Waals surface area contributed by atoms with Crippen LogP contribution in [0.25, 0.3) is 0 Å². The zero-order valence-electron chi connectivity index (χ0n) is 10.1. The van der Waals surface area contributed by atoms with Gasteiger partial charge in [-0.15, -0.1) is 0 Å². The Kier molecular flexibility index (Phi) is 4.27. The van der Waals surface area contributed by atoms with Gasteiger partial charge in [0, 0.05) is 17.6 Å². The third kappa shape index (κ3) is 3.16. The summed E-state index contributed by atoms with van der Waals surface area (Å²) in [7, 11) is -3.63. The second kappa shape index (κ2) is 5.60. The molecule has 0 radical (unpaired) electrons. The molecule has 19 heavy (non-hydrogen) atoms. The van der Waals surface area contributed by atoms with Gasteiger partial charge in [-0.2, -0.15) is 4.31 Å². The second-order valence-electron chi connectivity index (χ2n) is 4.43. The minimum absolute atomic E-state index is 0.0111. The molecule has 0 N–H and O–H groups in total. The van der Waals surface area contributed by atoms with Gasteiger partial charge < -0.3 is 9.90 Å². The Morgan fingerprint density at radius 3 is 2.37 bits per heavy atom. The minimum Gasteiger partial charge on any atom is -0.545 e. The Morgan fingerprint density at radius 2 is 1.79 bits per heavy atom. The van der Waals surface area contributed by atoms with E-state index in [9.17, 15) is 18.3 Å². The molecule has 5 nitrogen and oxygen atoms in total. The van der Waals surface area contributed by atoms with Crippen molar-refractivity contribution < 1.29 is 18.3 Å². The summed E-state index contributed by atoms with van der Waals surface area (Å²) < 4.78 is 26.6. The van der Waals surface area contributed by atoms with Gasteiger partial charge in [-0.3, -0.25) is 0 Å². The van der Waals surface area contributed by atoms with E-state index in [1.165, 1.54) is 16.4 Å². The third-order valence-electron chi connectivity index (χ3n) is 3.06. The summed E-state index contributed by atoms with van der Waals surface area (Å²) in [4.78, 5) is 10.9. The van der Waals surface area contributed by atoms with Crippen LogP contribution in [0, 0.1) is 0 Å². The quantitative estimate of drug-likeness (QED) is 0.817. The monoisotopic (exact) mass is 346 g/mol. The van der Waals surface area contributed by atoms with Gasteiger partial charge in [-0.25, -0.2) is 8.42 Å². The molecule has 104 valence electrons. The Morgan fingerprint density at radius 1 is 1.16 bits per heavy atom. The topological polar surface area (TPSA) is 77.5 Å². The van der Waals surface area contributed by atoms with E-state index in [4.69, 9.17) is 0 Å². The van der Waals surface area contributed by atoms with Crippen molar-refractivity contribution in [2.75, 3.05) is 13.1 Å². The van der Waals surface area contributed by atoms with E-state index >= 15 is 0 Å². The highest BCUT2D eigenvalue weighted by atomic mass is 79.9. The van der Waals surface area contributed by atoms with E-state index in [2.05, 4.69) is 15.9 Å². The Bertz CT molecular complexity index is 594. The molecular formula is C12H13BrNO4S-. The highest BCUT2D eigenvalue weighted by Crippen LogP contribution is 2.24. The van der Waals surface area contributed by atoms with Crippen molar-refractivity contribution in [3.05, 3.63) is 28.2 Å². The number of nitrogens with zero attached hydrogens (tertiary/aromatic N) is 1. The fraction of sp³-hybridized carbons (Fsp3) is 0.417.